The summed E-state index contributed by atoms with van der Waals surface area (Å²) in [5.74, 6) is 0.420. The number of carbonyl (C=O) groups is 1. The number of benzene rings is 2. The van der Waals surface area contributed by atoms with Gasteiger partial charge in [0.15, 0.2) is 0 Å². The summed E-state index contributed by atoms with van der Waals surface area (Å²) >= 11 is 0. The van der Waals surface area contributed by atoms with Crippen LogP contribution in [0.2, 0.25) is 0 Å². The van der Waals surface area contributed by atoms with Crippen LogP contribution in [0.1, 0.15) is 55.3 Å². The zero-order valence-corrected chi connectivity index (χ0v) is 21.8. The second-order valence-corrected chi connectivity index (χ2v) is 11.4. The molecule has 2 heterocycles. The molecule has 1 amide bonds. The molecule has 2 N–H and O–H groups in total. The number of alkyl halides is 3. The molecule has 2 aromatic rings. The molecule has 2 aromatic carbocycles. The number of aliphatic hydroxyl groups is 1. The number of nitrogens with zero attached hydrogens (tertiary/aromatic N) is 2. The molecule has 5 nitrogen and oxygen atoms in total. The Kier molecular flexibility index (Phi) is 8.00. The summed E-state index contributed by atoms with van der Waals surface area (Å²) in [6.07, 6.45) is 0.128. The third-order valence-corrected chi connectivity index (χ3v) is 8.77. The Bertz CT molecular complexity index is 1080. The fourth-order valence-electron chi connectivity index (χ4n) is 6.08. The maximum Gasteiger partial charge on any atom is 0.395 e. The molecule has 2 saturated heterocycles. The molecule has 3 fully saturated rings. The summed E-state index contributed by atoms with van der Waals surface area (Å²) in [5.41, 5.74) is 2.28. The fourth-order valence-corrected chi connectivity index (χ4v) is 6.08. The summed E-state index contributed by atoms with van der Waals surface area (Å²) in [4.78, 5) is 16.5. The van der Waals surface area contributed by atoms with Crippen LogP contribution in [0.25, 0.3) is 11.1 Å². The van der Waals surface area contributed by atoms with Crippen LogP contribution in [-0.4, -0.2) is 72.4 Å². The van der Waals surface area contributed by atoms with Crippen LogP contribution < -0.4 is 5.32 Å². The van der Waals surface area contributed by atoms with Gasteiger partial charge in [0, 0.05) is 37.4 Å². The normalized spacial score (nSPS) is 22.6. The molecular weight excluding hydrogens is 491 g/mol. The van der Waals surface area contributed by atoms with Crippen molar-refractivity contribution in [3.05, 3.63) is 54.1 Å². The number of carbonyl (C=O) groups excluding carboxylic acids is 1. The maximum absolute atomic E-state index is 13.5. The third kappa shape index (κ3) is 6.01. The molecule has 38 heavy (non-hydrogen) atoms. The summed E-state index contributed by atoms with van der Waals surface area (Å²) in [6, 6.07) is 15.8. The van der Waals surface area contributed by atoms with E-state index in [2.05, 4.69) is 17.4 Å². The van der Waals surface area contributed by atoms with Crippen LogP contribution in [0.3, 0.4) is 0 Å². The van der Waals surface area contributed by atoms with E-state index < -0.39 is 17.7 Å². The van der Waals surface area contributed by atoms with E-state index in [9.17, 15) is 23.1 Å². The van der Waals surface area contributed by atoms with Gasteiger partial charge in [0.1, 0.15) is 0 Å². The monoisotopic (exact) mass is 529 g/mol. The van der Waals surface area contributed by atoms with Crippen LogP contribution in [-0.2, 0) is 0 Å². The molecule has 3 aliphatic rings. The number of amides is 1. The van der Waals surface area contributed by atoms with Crippen molar-refractivity contribution in [1.29, 1.82) is 0 Å². The van der Waals surface area contributed by atoms with Gasteiger partial charge in [-0.1, -0.05) is 30.7 Å². The standard InChI is InChI=1S/C30H38F3N3O2/c31-30(32,33)29(14-2-15-29)21-35-17-12-22(13-18-35)19-34-26-10-8-24(9-11-26)23-4-6-25(7-5-23)28(38)36-16-1-3-27(37)20-36/h4-11,22,27,34,37H,1-3,12-21H2/t27-/m0/s1. The van der Waals surface area contributed by atoms with Gasteiger partial charge in [-0.15, -0.1) is 0 Å². The Morgan fingerprint density at radius 2 is 1.55 bits per heavy atom. The largest absolute Gasteiger partial charge is 0.395 e. The predicted molar refractivity (Wildman–Crippen MR) is 143 cm³/mol. The topological polar surface area (TPSA) is 55.8 Å². The Morgan fingerprint density at radius 1 is 0.921 bits per heavy atom. The van der Waals surface area contributed by atoms with E-state index in [1.54, 1.807) is 4.90 Å². The first-order valence-electron chi connectivity index (χ1n) is 13.9. The zero-order valence-electron chi connectivity index (χ0n) is 21.8. The first kappa shape index (κ1) is 27.0. The highest BCUT2D eigenvalue weighted by molar-refractivity contribution is 5.94. The predicted octanol–water partition coefficient (Wildman–Crippen LogP) is 5.81. The van der Waals surface area contributed by atoms with Gasteiger partial charge in [0.2, 0.25) is 0 Å². The Hall–Kier alpha value is -2.58. The van der Waals surface area contributed by atoms with Crippen molar-refractivity contribution in [1.82, 2.24) is 9.80 Å². The van der Waals surface area contributed by atoms with Gasteiger partial charge in [0.05, 0.1) is 11.5 Å². The lowest BCUT2D eigenvalue weighted by atomic mass is 9.67. The number of rotatable bonds is 7. The molecule has 1 atom stereocenters. The number of piperidine rings is 2. The summed E-state index contributed by atoms with van der Waals surface area (Å²) < 4.78 is 40.5. The van der Waals surface area contributed by atoms with Gasteiger partial charge >= 0.3 is 6.18 Å². The van der Waals surface area contributed by atoms with Gasteiger partial charge in [-0.3, -0.25) is 4.79 Å². The molecule has 8 heteroatoms. The van der Waals surface area contributed by atoms with Crippen molar-refractivity contribution in [3.63, 3.8) is 0 Å². The second kappa shape index (κ2) is 11.3. The van der Waals surface area contributed by atoms with Crippen molar-refractivity contribution in [3.8, 4) is 11.1 Å². The van der Waals surface area contributed by atoms with Crippen molar-refractivity contribution >= 4 is 11.6 Å². The molecule has 1 saturated carbocycles. The number of hydrogen-bond acceptors (Lipinski definition) is 4. The quantitative estimate of drug-likeness (QED) is 0.476. The molecule has 206 valence electrons. The first-order valence-corrected chi connectivity index (χ1v) is 13.9. The number of β-amino-alcohol motifs (C(OH)–C–C–N with tert-alkyl or cyclic N) is 1. The first-order chi connectivity index (χ1) is 18.2. The molecule has 0 aromatic heterocycles. The Morgan fingerprint density at radius 3 is 2.11 bits per heavy atom. The molecule has 0 unspecified atom stereocenters. The lowest BCUT2D eigenvalue weighted by molar-refractivity contribution is -0.256. The second-order valence-electron chi connectivity index (χ2n) is 11.4. The van der Waals surface area contributed by atoms with Crippen LogP contribution in [0.4, 0.5) is 18.9 Å². The number of aliphatic hydroxyl groups excluding tert-OH is 1. The maximum atomic E-state index is 13.5. The van der Waals surface area contributed by atoms with Crippen LogP contribution in [0.15, 0.2) is 48.5 Å². The lowest BCUT2D eigenvalue weighted by Gasteiger charge is -2.47. The summed E-state index contributed by atoms with van der Waals surface area (Å²) in [7, 11) is 0. The molecule has 5 rings (SSSR count). The molecule has 1 aliphatic carbocycles. The van der Waals surface area contributed by atoms with Crippen LogP contribution >= 0.6 is 0 Å². The fraction of sp³-hybridized carbons (Fsp3) is 0.567. The Balaban J connectivity index is 1.08. The SMILES string of the molecule is O=C(c1ccc(-c2ccc(NCC3CCN(CC4(C(F)(F)F)CCC4)CC3)cc2)cc1)N1CCC[C@H](O)C1. The average molecular weight is 530 g/mol. The van der Waals surface area contributed by atoms with E-state index in [4.69, 9.17) is 0 Å². The summed E-state index contributed by atoms with van der Waals surface area (Å²) in [5, 5.41) is 13.3. The van der Waals surface area contributed by atoms with Crippen LogP contribution in [0.5, 0.6) is 0 Å². The zero-order chi connectivity index (χ0) is 26.8. The minimum Gasteiger partial charge on any atom is -0.391 e. The minimum atomic E-state index is -4.09. The summed E-state index contributed by atoms with van der Waals surface area (Å²) in [6.45, 7) is 3.53. The number of halogens is 3. The molecular formula is C30H38F3N3O2. The number of likely N-dealkylation sites (tertiary alicyclic amines) is 2. The van der Waals surface area contributed by atoms with E-state index in [1.165, 1.54) is 0 Å². The number of hydrogen-bond donors (Lipinski definition) is 2. The average Bonchev–Trinajstić information content (AvgIpc) is 2.89. The van der Waals surface area contributed by atoms with E-state index in [0.29, 0.717) is 31.0 Å². The molecule has 2 aliphatic heterocycles. The van der Waals surface area contributed by atoms with Crippen molar-refractivity contribution in [2.75, 3.05) is 44.6 Å². The highest BCUT2D eigenvalue weighted by Gasteiger charge is 2.58. The van der Waals surface area contributed by atoms with Gasteiger partial charge in [0.25, 0.3) is 5.91 Å². The van der Waals surface area contributed by atoms with Gasteiger partial charge < -0.3 is 20.2 Å². The third-order valence-electron chi connectivity index (χ3n) is 8.77. The number of anilines is 1. The van der Waals surface area contributed by atoms with Crippen LogP contribution in [0, 0.1) is 11.3 Å². The van der Waals surface area contributed by atoms with Crippen molar-refractivity contribution < 1.29 is 23.1 Å². The highest BCUT2D eigenvalue weighted by Crippen LogP contribution is 2.53. The molecule has 0 radical (unpaired) electrons. The van der Waals surface area contributed by atoms with Crippen molar-refractivity contribution in [2.24, 2.45) is 11.3 Å². The highest BCUT2D eigenvalue weighted by atomic mass is 19.4. The van der Waals surface area contributed by atoms with E-state index in [0.717, 1.165) is 62.1 Å². The number of nitrogens with one attached hydrogen (secondary N) is 1. The van der Waals surface area contributed by atoms with Gasteiger partial charge in [-0.25, -0.2) is 0 Å². The molecule has 0 bridgehead atoms. The Labute approximate surface area is 223 Å². The van der Waals surface area contributed by atoms with Gasteiger partial charge in [-0.2, -0.15) is 13.2 Å². The minimum absolute atomic E-state index is 0.0384. The van der Waals surface area contributed by atoms with E-state index >= 15 is 0 Å². The van der Waals surface area contributed by atoms with E-state index in [-0.39, 0.29) is 25.3 Å². The van der Waals surface area contributed by atoms with E-state index in [1.807, 2.05) is 41.3 Å². The smallest absolute Gasteiger partial charge is 0.391 e. The van der Waals surface area contributed by atoms with Crippen molar-refractivity contribution in [2.45, 2.75) is 57.2 Å². The molecule has 0 spiro atoms. The lowest BCUT2D eigenvalue weighted by Crippen LogP contribution is -2.53. The van der Waals surface area contributed by atoms with Gasteiger partial charge in [-0.05, 0) is 92.9 Å².